The van der Waals surface area contributed by atoms with E-state index in [0.717, 1.165) is 5.56 Å². The standard InChI is InChI=1S/C22H29N3O5S/c1-17-5-8-19(9-6-17)31(27,28)25-13-11-24(12-14-25)16-22(26)23(2)18-7-10-20(29-3)21(15-18)30-4/h5-10,15H,11-14,16H2,1-4H3. The lowest BCUT2D eigenvalue weighted by Gasteiger charge is -2.34. The van der Waals surface area contributed by atoms with E-state index in [-0.39, 0.29) is 12.5 Å². The molecule has 0 N–H and O–H groups in total. The molecule has 1 aliphatic heterocycles. The number of piperazine rings is 1. The first kappa shape index (κ1) is 23.1. The lowest BCUT2D eigenvalue weighted by Crippen LogP contribution is -2.51. The molecule has 2 aromatic carbocycles. The zero-order valence-corrected chi connectivity index (χ0v) is 19.2. The molecular formula is C22H29N3O5S. The highest BCUT2D eigenvalue weighted by atomic mass is 32.2. The lowest BCUT2D eigenvalue weighted by molar-refractivity contribution is -0.119. The minimum absolute atomic E-state index is 0.0814. The number of anilines is 1. The van der Waals surface area contributed by atoms with Crippen molar-refractivity contribution in [3.63, 3.8) is 0 Å². The summed E-state index contributed by atoms with van der Waals surface area (Å²) in [4.78, 5) is 16.6. The van der Waals surface area contributed by atoms with Crippen LogP contribution in [0, 0.1) is 6.92 Å². The zero-order chi connectivity index (χ0) is 22.6. The maximum Gasteiger partial charge on any atom is 0.243 e. The van der Waals surface area contributed by atoms with Crippen LogP contribution in [0.15, 0.2) is 47.4 Å². The van der Waals surface area contributed by atoms with Crippen molar-refractivity contribution in [1.82, 2.24) is 9.21 Å². The van der Waals surface area contributed by atoms with Crippen LogP contribution in [0.3, 0.4) is 0 Å². The largest absolute Gasteiger partial charge is 0.493 e. The summed E-state index contributed by atoms with van der Waals surface area (Å²) in [6, 6.07) is 12.2. The number of rotatable bonds is 7. The number of likely N-dealkylation sites (N-methyl/N-ethyl adjacent to an activating group) is 1. The highest BCUT2D eigenvalue weighted by Crippen LogP contribution is 2.31. The Labute approximate surface area is 184 Å². The zero-order valence-electron chi connectivity index (χ0n) is 18.4. The quantitative estimate of drug-likeness (QED) is 0.646. The van der Waals surface area contributed by atoms with Crippen molar-refractivity contribution in [1.29, 1.82) is 0 Å². The number of aryl methyl sites for hydroxylation is 1. The summed E-state index contributed by atoms with van der Waals surface area (Å²) in [5.41, 5.74) is 1.71. The molecule has 0 aromatic heterocycles. The van der Waals surface area contributed by atoms with Crippen molar-refractivity contribution < 1.29 is 22.7 Å². The number of sulfonamides is 1. The molecule has 1 amide bonds. The van der Waals surface area contributed by atoms with Crippen LogP contribution in [0.4, 0.5) is 5.69 Å². The first-order chi connectivity index (χ1) is 14.8. The van der Waals surface area contributed by atoms with E-state index in [4.69, 9.17) is 9.47 Å². The molecule has 0 spiro atoms. The topological polar surface area (TPSA) is 79.4 Å². The van der Waals surface area contributed by atoms with E-state index in [0.29, 0.717) is 48.3 Å². The molecule has 0 bridgehead atoms. The Morgan fingerprint density at radius 3 is 2.16 bits per heavy atom. The molecule has 0 unspecified atom stereocenters. The summed E-state index contributed by atoms with van der Waals surface area (Å²) >= 11 is 0. The average molecular weight is 448 g/mol. The van der Waals surface area contributed by atoms with Gasteiger partial charge in [-0.1, -0.05) is 17.7 Å². The smallest absolute Gasteiger partial charge is 0.243 e. The number of hydrogen-bond acceptors (Lipinski definition) is 6. The van der Waals surface area contributed by atoms with Gasteiger partial charge in [-0.25, -0.2) is 8.42 Å². The predicted octanol–water partition coefficient (Wildman–Crippen LogP) is 1.98. The van der Waals surface area contributed by atoms with Crippen molar-refractivity contribution in [3.05, 3.63) is 48.0 Å². The number of ether oxygens (including phenoxy) is 2. The van der Waals surface area contributed by atoms with E-state index in [1.54, 1.807) is 68.6 Å². The summed E-state index contributed by atoms with van der Waals surface area (Å²) in [7, 11) is 1.30. The van der Waals surface area contributed by atoms with Crippen molar-refractivity contribution in [2.24, 2.45) is 0 Å². The minimum atomic E-state index is -3.52. The highest BCUT2D eigenvalue weighted by molar-refractivity contribution is 7.89. The van der Waals surface area contributed by atoms with Gasteiger partial charge < -0.3 is 14.4 Å². The SMILES string of the molecule is COc1ccc(N(C)C(=O)CN2CCN(S(=O)(=O)c3ccc(C)cc3)CC2)cc1OC. The lowest BCUT2D eigenvalue weighted by atomic mass is 10.2. The van der Waals surface area contributed by atoms with Crippen LogP contribution in [0.5, 0.6) is 11.5 Å². The fourth-order valence-corrected chi connectivity index (χ4v) is 4.88. The van der Waals surface area contributed by atoms with Crippen LogP contribution in [-0.4, -0.2) is 77.5 Å². The number of carbonyl (C=O) groups is 1. The molecule has 2 aromatic rings. The van der Waals surface area contributed by atoms with E-state index >= 15 is 0 Å². The molecule has 1 heterocycles. The van der Waals surface area contributed by atoms with E-state index < -0.39 is 10.0 Å². The van der Waals surface area contributed by atoms with Crippen LogP contribution < -0.4 is 14.4 Å². The van der Waals surface area contributed by atoms with Crippen LogP contribution >= 0.6 is 0 Å². The Balaban J connectivity index is 1.59. The molecule has 9 heteroatoms. The summed E-state index contributed by atoms with van der Waals surface area (Å²) in [6.07, 6.45) is 0. The molecule has 0 atom stereocenters. The second-order valence-corrected chi connectivity index (χ2v) is 9.42. The molecule has 1 fully saturated rings. The highest BCUT2D eigenvalue weighted by Gasteiger charge is 2.29. The third-order valence-electron chi connectivity index (χ3n) is 5.48. The number of carbonyl (C=O) groups excluding carboxylic acids is 1. The van der Waals surface area contributed by atoms with Gasteiger partial charge in [-0.3, -0.25) is 9.69 Å². The number of benzene rings is 2. The molecule has 0 saturated carbocycles. The van der Waals surface area contributed by atoms with E-state index in [1.165, 1.54) is 4.31 Å². The van der Waals surface area contributed by atoms with E-state index in [1.807, 2.05) is 11.8 Å². The van der Waals surface area contributed by atoms with E-state index in [9.17, 15) is 13.2 Å². The molecule has 3 rings (SSSR count). The van der Waals surface area contributed by atoms with Crippen molar-refractivity contribution in [2.45, 2.75) is 11.8 Å². The number of amides is 1. The Morgan fingerprint density at radius 2 is 1.58 bits per heavy atom. The molecule has 0 aliphatic carbocycles. The third kappa shape index (κ3) is 5.17. The molecular weight excluding hydrogens is 418 g/mol. The fraction of sp³-hybridized carbons (Fsp3) is 0.409. The molecule has 31 heavy (non-hydrogen) atoms. The van der Waals surface area contributed by atoms with Crippen LogP contribution in [-0.2, 0) is 14.8 Å². The Morgan fingerprint density at radius 1 is 0.968 bits per heavy atom. The number of nitrogens with zero attached hydrogens (tertiary/aromatic N) is 3. The van der Waals surface area contributed by atoms with Gasteiger partial charge in [0.25, 0.3) is 0 Å². The maximum absolute atomic E-state index is 12.8. The van der Waals surface area contributed by atoms with Crippen LogP contribution in [0.1, 0.15) is 5.56 Å². The van der Waals surface area contributed by atoms with Gasteiger partial charge in [0.2, 0.25) is 15.9 Å². The van der Waals surface area contributed by atoms with Gasteiger partial charge in [-0.2, -0.15) is 4.31 Å². The van der Waals surface area contributed by atoms with Gasteiger partial charge >= 0.3 is 0 Å². The Hall–Kier alpha value is -2.62. The van der Waals surface area contributed by atoms with Crippen molar-refractivity contribution >= 4 is 21.6 Å². The maximum atomic E-state index is 12.8. The molecule has 8 nitrogen and oxygen atoms in total. The monoisotopic (exact) mass is 447 g/mol. The first-order valence-electron chi connectivity index (χ1n) is 10.0. The van der Waals surface area contributed by atoms with Gasteiger partial charge in [0, 0.05) is 45.0 Å². The molecule has 168 valence electrons. The molecule has 0 radical (unpaired) electrons. The van der Waals surface area contributed by atoms with Crippen LogP contribution in [0.25, 0.3) is 0 Å². The Bertz CT molecular complexity index is 1020. The third-order valence-corrected chi connectivity index (χ3v) is 7.39. The van der Waals surface area contributed by atoms with Gasteiger partial charge in [-0.15, -0.1) is 0 Å². The summed E-state index contributed by atoms with van der Waals surface area (Å²) < 4.78 is 37.7. The fourth-order valence-electron chi connectivity index (χ4n) is 3.46. The van der Waals surface area contributed by atoms with Crippen LogP contribution in [0.2, 0.25) is 0 Å². The number of methoxy groups -OCH3 is 2. The van der Waals surface area contributed by atoms with Gasteiger partial charge in [0.1, 0.15) is 0 Å². The summed E-state index contributed by atoms with van der Waals surface area (Å²) in [6.45, 7) is 3.83. The predicted molar refractivity (Wildman–Crippen MR) is 119 cm³/mol. The van der Waals surface area contributed by atoms with E-state index in [2.05, 4.69) is 0 Å². The molecule has 1 saturated heterocycles. The first-order valence-corrected chi connectivity index (χ1v) is 11.5. The second-order valence-electron chi connectivity index (χ2n) is 7.49. The van der Waals surface area contributed by atoms with Gasteiger partial charge in [0.05, 0.1) is 25.7 Å². The number of hydrogen-bond donors (Lipinski definition) is 0. The summed E-state index contributed by atoms with van der Waals surface area (Å²) in [5.74, 6) is 1.06. The van der Waals surface area contributed by atoms with Crippen molar-refractivity contribution in [2.75, 3.05) is 58.9 Å². The summed E-state index contributed by atoms with van der Waals surface area (Å²) in [5, 5.41) is 0. The molecule has 1 aliphatic rings. The van der Waals surface area contributed by atoms with Gasteiger partial charge in [-0.05, 0) is 31.2 Å². The Kier molecular flexibility index (Phi) is 7.19. The minimum Gasteiger partial charge on any atom is -0.493 e. The normalized spacial score (nSPS) is 15.5. The second kappa shape index (κ2) is 9.67. The van der Waals surface area contributed by atoms with Crippen molar-refractivity contribution in [3.8, 4) is 11.5 Å². The average Bonchev–Trinajstić information content (AvgIpc) is 2.78. The van der Waals surface area contributed by atoms with Gasteiger partial charge in [0.15, 0.2) is 11.5 Å².